The maximum absolute atomic E-state index is 13.2. The highest BCUT2D eigenvalue weighted by Crippen LogP contribution is 2.33. The molecule has 146 valence electrons. The molecule has 0 saturated heterocycles. The Kier molecular flexibility index (Phi) is 8.98. The van der Waals surface area contributed by atoms with E-state index >= 15 is 0 Å². The molecule has 0 amide bonds. The van der Waals surface area contributed by atoms with E-state index in [1.807, 2.05) is 0 Å². The average Bonchev–Trinajstić information content (AvgIpc) is 2.52. The Bertz CT molecular complexity index is 580. The van der Waals surface area contributed by atoms with Crippen LogP contribution in [0.25, 0.3) is 0 Å². The fraction of sp³-hybridized carbons (Fsp3) is 0.667. The molecule has 1 aromatic rings. The van der Waals surface area contributed by atoms with Crippen LogP contribution in [0.2, 0.25) is 0 Å². The number of halogens is 3. The van der Waals surface area contributed by atoms with E-state index in [1.165, 1.54) is 31.9 Å². The zero-order valence-electron chi connectivity index (χ0n) is 16.2. The summed E-state index contributed by atoms with van der Waals surface area (Å²) in [6, 6.07) is 3.08. The van der Waals surface area contributed by atoms with E-state index in [1.54, 1.807) is 0 Å². The largest absolute Gasteiger partial charge is 0.416 e. The van der Waals surface area contributed by atoms with Crippen LogP contribution in [-0.4, -0.2) is 4.98 Å². The highest BCUT2D eigenvalue weighted by Gasteiger charge is 2.33. The fourth-order valence-electron chi connectivity index (χ4n) is 2.94. The first kappa shape index (κ1) is 22.3. The Morgan fingerprint density at radius 3 is 2.12 bits per heavy atom. The smallest absolute Gasteiger partial charge is 0.300 e. The molecule has 0 bridgehead atoms. The van der Waals surface area contributed by atoms with Gasteiger partial charge in [-0.1, -0.05) is 65.7 Å². The molecule has 1 aromatic heterocycles. The molecule has 1 N–H and O–H groups in total. The molecule has 0 fully saturated rings. The normalized spacial score (nSPS) is 12.0. The Morgan fingerprint density at radius 1 is 1.00 bits per heavy atom. The van der Waals surface area contributed by atoms with Gasteiger partial charge in [0.1, 0.15) is 5.82 Å². The van der Waals surface area contributed by atoms with Crippen molar-refractivity contribution in [2.24, 2.45) is 5.41 Å². The molecule has 0 saturated carbocycles. The molecule has 1 rings (SSSR count). The van der Waals surface area contributed by atoms with E-state index in [-0.39, 0.29) is 11.4 Å². The molecule has 0 unspecified atom stereocenters. The molecule has 0 radical (unpaired) electrons. The SMILES string of the molecule is C#CNc1cc(C(F)(F)F)c(CCCCCCCCCC(C)(C)C)cn1. The number of hydrogen-bond donors (Lipinski definition) is 1. The van der Waals surface area contributed by atoms with Gasteiger partial charge in [-0.3, -0.25) is 5.32 Å². The summed E-state index contributed by atoms with van der Waals surface area (Å²) in [6.07, 6.45) is 11.2. The molecule has 2 nitrogen and oxygen atoms in total. The van der Waals surface area contributed by atoms with Crippen LogP contribution in [-0.2, 0) is 12.6 Å². The average molecular weight is 368 g/mol. The predicted octanol–water partition coefficient (Wildman–Crippen LogP) is 6.81. The molecular weight excluding hydrogens is 337 g/mol. The van der Waals surface area contributed by atoms with Crippen LogP contribution >= 0.6 is 0 Å². The molecule has 0 spiro atoms. The van der Waals surface area contributed by atoms with Crippen LogP contribution in [0.4, 0.5) is 19.0 Å². The van der Waals surface area contributed by atoms with Crippen LogP contribution in [0.1, 0.15) is 83.3 Å². The maximum atomic E-state index is 13.2. The van der Waals surface area contributed by atoms with Gasteiger partial charge in [0.2, 0.25) is 0 Å². The predicted molar refractivity (Wildman–Crippen MR) is 102 cm³/mol. The first-order valence-corrected chi connectivity index (χ1v) is 9.41. The summed E-state index contributed by atoms with van der Waals surface area (Å²) >= 11 is 0. The number of aryl methyl sites for hydroxylation is 1. The van der Waals surface area contributed by atoms with Crippen molar-refractivity contribution >= 4 is 5.82 Å². The molecule has 1 heterocycles. The van der Waals surface area contributed by atoms with Crippen LogP contribution in [0.5, 0.6) is 0 Å². The fourth-order valence-corrected chi connectivity index (χ4v) is 2.94. The second kappa shape index (κ2) is 10.4. The van der Waals surface area contributed by atoms with Gasteiger partial charge >= 0.3 is 6.18 Å². The summed E-state index contributed by atoms with van der Waals surface area (Å²) in [4.78, 5) is 3.96. The molecule has 0 atom stereocenters. The van der Waals surface area contributed by atoms with Crippen molar-refractivity contribution in [2.75, 3.05) is 5.32 Å². The van der Waals surface area contributed by atoms with Crippen molar-refractivity contribution in [1.29, 1.82) is 0 Å². The Labute approximate surface area is 156 Å². The van der Waals surface area contributed by atoms with E-state index in [0.29, 0.717) is 11.8 Å². The van der Waals surface area contributed by atoms with E-state index in [9.17, 15) is 13.2 Å². The molecule has 0 aliphatic rings. The van der Waals surface area contributed by atoms with Crippen LogP contribution < -0.4 is 5.32 Å². The zero-order valence-corrected chi connectivity index (χ0v) is 16.2. The third-order valence-corrected chi connectivity index (χ3v) is 4.37. The number of nitrogens with zero attached hydrogens (tertiary/aromatic N) is 1. The highest BCUT2D eigenvalue weighted by molar-refractivity contribution is 5.45. The Morgan fingerprint density at radius 2 is 1.58 bits per heavy atom. The summed E-state index contributed by atoms with van der Waals surface area (Å²) in [7, 11) is 0. The standard InChI is InChI=1S/C21H31F3N2/c1-5-25-19-15-18(21(22,23)24)17(16-26-19)13-11-9-7-6-8-10-12-14-20(2,3)4/h1,15-16H,6-14H2,2-4H3,(H,25,26). The van der Waals surface area contributed by atoms with Crippen molar-refractivity contribution < 1.29 is 13.2 Å². The van der Waals surface area contributed by atoms with Gasteiger partial charge < -0.3 is 0 Å². The monoisotopic (exact) mass is 368 g/mol. The number of anilines is 1. The Balaban J connectivity index is 2.34. The van der Waals surface area contributed by atoms with Gasteiger partial charge in [0, 0.05) is 12.2 Å². The van der Waals surface area contributed by atoms with E-state index in [4.69, 9.17) is 6.42 Å². The number of rotatable bonds is 10. The number of unbranched alkanes of at least 4 members (excludes halogenated alkanes) is 6. The summed E-state index contributed by atoms with van der Waals surface area (Å²) in [5, 5.41) is 2.37. The molecule has 0 aliphatic heterocycles. The lowest BCUT2D eigenvalue weighted by atomic mass is 9.89. The number of alkyl halides is 3. The molecule has 5 heteroatoms. The third-order valence-electron chi connectivity index (χ3n) is 4.37. The van der Waals surface area contributed by atoms with Gasteiger partial charge in [-0.2, -0.15) is 13.2 Å². The second-order valence-electron chi connectivity index (χ2n) is 8.03. The van der Waals surface area contributed by atoms with Crippen molar-refractivity contribution in [2.45, 2.75) is 84.7 Å². The lowest BCUT2D eigenvalue weighted by Gasteiger charge is -2.17. The Hall–Kier alpha value is -1.70. The van der Waals surface area contributed by atoms with Gasteiger partial charge in [0.15, 0.2) is 0 Å². The van der Waals surface area contributed by atoms with Crippen molar-refractivity contribution in [3.8, 4) is 12.5 Å². The summed E-state index contributed by atoms with van der Waals surface area (Å²) < 4.78 is 39.6. The minimum absolute atomic E-state index is 0.0545. The van der Waals surface area contributed by atoms with E-state index in [2.05, 4.69) is 37.1 Å². The first-order chi connectivity index (χ1) is 12.1. The van der Waals surface area contributed by atoms with E-state index in [0.717, 1.165) is 31.7 Å². The maximum Gasteiger partial charge on any atom is 0.416 e. The molecule has 0 aromatic carbocycles. The number of terminal acetylenes is 1. The number of nitrogens with one attached hydrogen (secondary N) is 1. The molecule has 26 heavy (non-hydrogen) atoms. The molecule has 0 aliphatic carbocycles. The van der Waals surface area contributed by atoms with Gasteiger partial charge in [0.25, 0.3) is 0 Å². The lowest BCUT2D eigenvalue weighted by Crippen LogP contribution is -2.11. The van der Waals surface area contributed by atoms with Crippen molar-refractivity contribution in [3.63, 3.8) is 0 Å². The van der Waals surface area contributed by atoms with Gasteiger partial charge in [-0.25, -0.2) is 4.98 Å². The highest BCUT2D eigenvalue weighted by atomic mass is 19.4. The lowest BCUT2D eigenvalue weighted by molar-refractivity contribution is -0.138. The topological polar surface area (TPSA) is 24.9 Å². The van der Waals surface area contributed by atoms with Crippen molar-refractivity contribution in [1.82, 2.24) is 4.98 Å². The molecular formula is C21H31F3N2. The van der Waals surface area contributed by atoms with Crippen LogP contribution in [0.15, 0.2) is 12.3 Å². The number of aromatic nitrogens is 1. The third kappa shape index (κ3) is 9.12. The minimum Gasteiger partial charge on any atom is -0.300 e. The van der Waals surface area contributed by atoms with Gasteiger partial charge in [0.05, 0.1) is 5.56 Å². The summed E-state index contributed by atoms with van der Waals surface area (Å²) in [5.41, 5.74) is -0.00660. The second-order valence-corrected chi connectivity index (χ2v) is 8.03. The number of pyridine rings is 1. The zero-order chi connectivity index (χ0) is 19.6. The van der Waals surface area contributed by atoms with Crippen LogP contribution in [0.3, 0.4) is 0 Å². The quantitative estimate of drug-likeness (QED) is 0.279. The van der Waals surface area contributed by atoms with Gasteiger partial charge in [-0.05, 0) is 36.3 Å². The number of hydrogen-bond acceptors (Lipinski definition) is 2. The summed E-state index contributed by atoms with van der Waals surface area (Å²) in [6.45, 7) is 6.77. The minimum atomic E-state index is -4.39. The van der Waals surface area contributed by atoms with Crippen molar-refractivity contribution in [3.05, 3.63) is 23.4 Å². The summed E-state index contributed by atoms with van der Waals surface area (Å²) in [5.74, 6) is 0.0545. The first-order valence-electron chi connectivity index (χ1n) is 9.41. The van der Waals surface area contributed by atoms with Crippen LogP contribution in [0, 0.1) is 17.9 Å². The van der Waals surface area contributed by atoms with E-state index < -0.39 is 11.7 Å². The van der Waals surface area contributed by atoms with Gasteiger partial charge in [-0.15, -0.1) is 0 Å².